The number of amides is 2. The maximum Gasteiger partial charge on any atom is 0.256 e. The van der Waals surface area contributed by atoms with E-state index in [1.165, 1.54) is 17.3 Å². The number of likely N-dealkylation sites (tertiary alicyclic amines) is 2. The van der Waals surface area contributed by atoms with Crippen molar-refractivity contribution in [1.82, 2.24) is 19.3 Å². The average molecular weight is 573 g/mol. The molecule has 4 aliphatic rings. The van der Waals surface area contributed by atoms with Gasteiger partial charge in [0, 0.05) is 78.9 Å². The average Bonchev–Trinajstić information content (AvgIpc) is 3.58. The molecule has 2 amide bonds. The molecule has 4 heterocycles. The monoisotopic (exact) mass is 572 g/mol. The number of hydrogen-bond donors (Lipinski definition) is 0. The van der Waals surface area contributed by atoms with E-state index in [1.807, 2.05) is 34.1 Å². The minimum Gasteiger partial charge on any atom is -0.496 e. The number of benzene rings is 2. The minimum absolute atomic E-state index is 0.0128. The van der Waals surface area contributed by atoms with Gasteiger partial charge in [-0.15, -0.1) is 0 Å². The normalized spacial score (nSPS) is 21.2. The highest BCUT2D eigenvalue weighted by atomic mass is 35.5. The number of halogens is 1. The van der Waals surface area contributed by atoms with E-state index in [1.54, 1.807) is 7.11 Å². The van der Waals surface area contributed by atoms with Gasteiger partial charge in [-0.1, -0.05) is 30.3 Å². The molecule has 8 heteroatoms. The highest BCUT2D eigenvalue weighted by Crippen LogP contribution is 2.49. The molecule has 0 radical (unpaired) electrons. The van der Waals surface area contributed by atoms with Gasteiger partial charge in [-0.3, -0.25) is 14.5 Å². The molecule has 1 aromatic heterocycles. The van der Waals surface area contributed by atoms with Crippen molar-refractivity contribution in [3.8, 4) is 5.75 Å². The lowest BCUT2D eigenvalue weighted by Crippen LogP contribution is -2.60. The van der Waals surface area contributed by atoms with Crippen molar-refractivity contribution in [3.63, 3.8) is 0 Å². The van der Waals surface area contributed by atoms with Crippen LogP contribution in [0.5, 0.6) is 5.75 Å². The standard InChI is InChI=1S/C33H37ClN4O3/c1-4-29(39)37-18-25(19-37)35-12-10-24(17-35)38-31-20(2)14-23(34)15-27(31)30(32(38)21-8-9-21)33(40)36-13-11-26-22(16-36)6-5-7-28(26)41-3/h4-7,14-15,21,24-25H,1,8-13,16-19H2,2-3H3. The summed E-state index contributed by atoms with van der Waals surface area (Å²) in [5.74, 6) is 1.42. The maximum absolute atomic E-state index is 14.5. The van der Waals surface area contributed by atoms with E-state index in [9.17, 15) is 9.59 Å². The fourth-order valence-corrected chi connectivity index (χ4v) is 7.66. The molecule has 3 aliphatic heterocycles. The quantitative estimate of drug-likeness (QED) is 0.375. The summed E-state index contributed by atoms with van der Waals surface area (Å²) in [4.78, 5) is 32.9. The third-order valence-corrected chi connectivity index (χ3v) is 9.84. The smallest absolute Gasteiger partial charge is 0.256 e. The number of fused-ring (bicyclic) bond motifs is 2. The zero-order valence-corrected chi connectivity index (χ0v) is 24.6. The molecule has 7 rings (SSSR count). The number of hydrogen-bond acceptors (Lipinski definition) is 4. The van der Waals surface area contributed by atoms with Crippen molar-refractivity contribution in [1.29, 1.82) is 0 Å². The number of carbonyl (C=O) groups excluding carboxylic acids is 2. The molecule has 7 nitrogen and oxygen atoms in total. The van der Waals surface area contributed by atoms with Gasteiger partial charge in [0.25, 0.3) is 5.91 Å². The Morgan fingerprint density at radius 2 is 1.85 bits per heavy atom. The molecule has 1 unspecified atom stereocenters. The number of carbonyl (C=O) groups is 2. The van der Waals surface area contributed by atoms with E-state index in [0.717, 1.165) is 85.2 Å². The fourth-order valence-electron chi connectivity index (χ4n) is 7.39. The van der Waals surface area contributed by atoms with Gasteiger partial charge in [0.2, 0.25) is 5.91 Å². The number of nitrogens with zero attached hydrogens (tertiary/aromatic N) is 4. The summed E-state index contributed by atoms with van der Waals surface area (Å²) in [6.07, 6.45) is 5.44. The maximum atomic E-state index is 14.5. The van der Waals surface area contributed by atoms with Crippen LogP contribution in [0.2, 0.25) is 5.02 Å². The van der Waals surface area contributed by atoms with Crippen molar-refractivity contribution >= 4 is 34.3 Å². The van der Waals surface area contributed by atoms with Crippen LogP contribution in [0.15, 0.2) is 43.0 Å². The lowest BCUT2D eigenvalue weighted by Gasteiger charge is -2.43. The third-order valence-electron chi connectivity index (χ3n) is 9.62. The van der Waals surface area contributed by atoms with Gasteiger partial charge in [0.05, 0.1) is 18.2 Å². The molecule has 1 atom stereocenters. The first-order valence-electron chi connectivity index (χ1n) is 14.8. The minimum atomic E-state index is 0.0128. The van der Waals surface area contributed by atoms with Crippen molar-refractivity contribution in [2.45, 2.75) is 57.2 Å². The summed E-state index contributed by atoms with van der Waals surface area (Å²) in [5, 5.41) is 1.66. The summed E-state index contributed by atoms with van der Waals surface area (Å²) in [7, 11) is 1.71. The highest BCUT2D eigenvalue weighted by Gasteiger charge is 2.42. The van der Waals surface area contributed by atoms with Gasteiger partial charge >= 0.3 is 0 Å². The van der Waals surface area contributed by atoms with Gasteiger partial charge < -0.3 is 19.1 Å². The van der Waals surface area contributed by atoms with Gasteiger partial charge in [-0.25, -0.2) is 0 Å². The lowest BCUT2D eigenvalue weighted by atomic mass is 9.97. The van der Waals surface area contributed by atoms with Crippen molar-refractivity contribution < 1.29 is 14.3 Å². The Bertz CT molecular complexity index is 1570. The van der Waals surface area contributed by atoms with E-state index in [0.29, 0.717) is 30.1 Å². The van der Waals surface area contributed by atoms with E-state index in [2.05, 4.69) is 29.0 Å². The van der Waals surface area contributed by atoms with E-state index in [4.69, 9.17) is 16.3 Å². The predicted molar refractivity (Wildman–Crippen MR) is 161 cm³/mol. The Labute approximate surface area is 246 Å². The van der Waals surface area contributed by atoms with Gasteiger partial charge in [0.1, 0.15) is 5.75 Å². The van der Waals surface area contributed by atoms with Crippen molar-refractivity contribution in [2.75, 3.05) is 39.8 Å². The number of ether oxygens (including phenoxy) is 1. The van der Waals surface area contributed by atoms with Crippen molar-refractivity contribution in [3.05, 3.63) is 76.0 Å². The van der Waals surface area contributed by atoms with Crippen LogP contribution in [0.25, 0.3) is 10.9 Å². The molecule has 0 bridgehead atoms. The summed E-state index contributed by atoms with van der Waals surface area (Å²) < 4.78 is 8.13. The Morgan fingerprint density at radius 1 is 1.05 bits per heavy atom. The summed E-state index contributed by atoms with van der Waals surface area (Å²) in [6, 6.07) is 10.8. The molecular formula is C33H37ClN4O3. The summed E-state index contributed by atoms with van der Waals surface area (Å²) in [5.41, 5.74) is 6.69. The molecule has 0 N–H and O–H groups in total. The Kier molecular flexibility index (Phi) is 6.62. The molecular weight excluding hydrogens is 536 g/mol. The second kappa shape index (κ2) is 10.2. The molecule has 3 fully saturated rings. The number of aromatic nitrogens is 1. The molecule has 0 spiro atoms. The Balaban J connectivity index is 1.25. The highest BCUT2D eigenvalue weighted by molar-refractivity contribution is 6.31. The summed E-state index contributed by atoms with van der Waals surface area (Å²) in [6.45, 7) is 10.5. The van der Waals surface area contributed by atoms with Gasteiger partial charge in [-0.2, -0.15) is 0 Å². The number of methoxy groups -OCH3 is 1. The van der Waals surface area contributed by atoms with E-state index in [-0.39, 0.29) is 17.9 Å². The SMILES string of the molecule is C=CC(=O)N1CC(N2CCC(n3c(C4CC4)c(C(=O)N4CCc5c(cccc5OC)C4)c4cc(Cl)cc(C)c43)C2)C1. The fraction of sp³-hybridized carbons (Fsp3) is 0.455. The first-order chi connectivity index (χ1) is 19.9. The Hall–Kier alpha value is -3.29. The van der Waals surface area contributed by atoms with Crippen LogP contribution >= 0.6 is 11.6 Å². The lowest BCUT2D eigenvalue weighted by molar-refractivity contribution is -0.132. The molecule has 1 aliphatic carbocycles. The number of aryl methyl sites for hydroxylation is 1. The molecule has 214 valence electrons. The van der Waals surface area contributed by atoms with Crippen LogP contribution in [0, 0.1) is 6.92 Å². The third kappa shape index (κ3) is 4.45. The zero-order valence-electron chi connectivity index (χ0n) is 23.9. The molecule has 1 saturated carbocycles. The van der Waals surface area contributed by atoms with Crippen molar-refractivity contribution in [2.24, 2.45) is 0 Å². The van der Waals surface area contributed by atoms with E-state index >= 15 is 0 Å². The molecule has 2 saturated heterocycles. The predicted octanol–water partition coefficient (Wildman–Crippen LogP) is 5.33. The first kappa shape index (κ1) is 26.6. The topological polar surface area (TPSA) is 58.0 Å². The van der Waals surface area contributed by atoms with Crippen LogP contribution in [0.3, 0.4) is 0 Å². The van der Waals surface area contributed by atoms with Crippen LogP contribution in [-0.2, 0) is 17.8 Å². The van der Waals surface area contributed by atoms with Gasteiger partial charge in [0.15, 0.2) is 0 Å². The van der Waals surface area contributed by atoms with Crippen LogP contribution < -0.4 is 4.74 Å². The van der Waals surface area contributed by atoms with Gasteiger partial charge in [-0.05, 0) is 68.0 Å². The molecule has 41 heavy (non-hydrogen) atoms. The Morgan fingerprint density at radius 3 is 2.59 bits per heavy atom. The molecule has 2 aromatic carbocycles. The first-order valence-corrected chi connectivity index (χ1v) is 15.2. The second-order valence-electron chi connectivity index (χ2n) is 12.1. The largest absolute Gasteiger partial charge is 0.496 e. The summed E-state index contributed by atoms with van der Waals surface area (Å²) >= 11 is 6.65. The van der Waals surface area contributed by atoms with Crippen LogP contribution in [0.1, 0.15) is 64.0 Å². The zero-order chi connectivity index (χ0) is 28.4. The second-order valence-corrected chi connectivity index (χ2v) is 12.6. The molecule has 3 aromatic rings. The van der Waals surface area contributed by atoms with Crippen LogP contribution in [-0.4, -0.2) is 77.0 Å². The van der Waals surface area contributed by atoms with Crippen LogP contribution in [0.4, 0.5) is 0 Å². The number of rotatable bonds is 6. The van der Waals surface area contributed by atoms with E-state index < -0.39 is 0 Å².